The van der Waals surface area contributed by atoms with Crippen molar-refractivity contribution >= 4 is 32.9 Å². The molecular formula is C12H16BrFN4. The standard InChI is InChI=1S/C12H16BrFN4/c1-17(2)4-3-5-18-11-6-8(13)9(14)7-10(11)16-12(18)15/h6-7H,3-5H2,1-2H3,(H2,15,16). The predicted octanol–water partition coefficient (Wildman–Crippen LogP) is 2.47. The Labute approximate surface area is 114 Å². The third-order valence-corrected chi connectivity index (χ3v) is 3.41. The van der Waals surface area contributed by atoms with Crippen molar-refractivity contribution in [2.75, 3.05) is 26.4 Å². The van der Waals surface area contributed by atoms with Crippen LogP contribution in [-0.2, 0) is 6.54 Å². The van der Waals surface area contributed by atoms with Gasteiger partial charge in [-0.05, 0) is 49.1 Å². The molecule has 1 aromatic heterocycles. The van der Waals surface area contributed by atoms with E-state index in [4.69, 9.17) is 5.73 Å². The smallest absolute Gasteiger partial charge is 0.201 e. The summed E-state index contributed by atoms with van der Waals surface area (Å²) in [5.41, 5.74) is 7.33. The molecule has 1 aromatic carbocycles. The fraction of sp³-hybridized carbons (Fsp3) is 0.417. The number of aromatic nitrogens is 2. The number of imidazole rings is 1. The Hall–Kier alpha value is -1.14. The monoisotopic (exact) mass is 314 g/mol. The molecule has 6 heteroatoms. The summed E-state index contributed by atoms with van der Waals surface area (Å²) in [5, 5.41) is 0. The van der Waals surface area contributed by atoms with Gasteiger partial charge in [0.1, 0.15) is 5.82 Å². The van der Waals surface area contributed by atoms with E-state index in [-0.39, 0.29) is 5.82 Å². The molecule has 2 rings (SSSR count). The molecule has 4 nitrogen and oxygen atoms in total. The number of nitrogen functional groups attached to an aromatic ring is 1. The number of aryl methyl sites for hydroxylation is 1. The highest BCUT2D eigenvalue weighted by Crippen LogP contribution is 2.25. The average molecular weight is 315 g/mol. The summed E-state index contributed by atoms with van der Waals surface area (Å²) in [6.45, 7) is 1.75. The number of nitrogens with zero attached hydrogens (tertiary/aromatic N) is 3. The van der Waals surface area contributed by atoms with E-state index < -0.39 is 0 Å². The van der Waals surface area contributed by atoms with Gasteiger partial charge in [0, 0.05) is 12.6 Å². The second-order valence-electron chi connectivity index (χ2n) is 4.53. The van der Waals surface area contributed by atoms with Gasteiger partial charge in [-0.1, -0.05) is 0 Å². The average Bonchev–Trinajstić information content (AvgIpc) is 2.56. The van der Waals surface area contributed by atoms with Gasteiger partial charge >= 0.3 is 0 Å². The molecule has 0 aliphatic carbocycles. The highest BCUT2D eigenvalue weighted by molar-refractivity contribution is 9.10. The zero-order chi connectivity index (χ0) is 13.3. The van der Waals surface area contributed by atoms with Crippen LogP contribution in [0.4, 0.5) is 10.3 Å². The molecule has 0 saturated carbocycles. The number of nitrogens with two attached hydrogens (primary N) is 1. The van der Waals surface area contributed by atoms with E-state index in [1.807, 2.05) is 18.7 Å². The van der Waals surface area contributed by atoms with Crippen molar-refractivity contribution in [3.05, 3.63) is 22.4 Å². The molecule has 0 bridgehead atoms. The minimum Gasteiger partial charge on any atom is -0.369 e. The van der Waals surface area contributed by atoms with Crippen molar-refractivity contribution in [2.45, 2.75) is 13.0 Å². The molecule has 0 unspecified atom stereocenters. The molecule has 1 heterocycles. The van der Waals surface area contributed by atoms with Crippen LogP contribution in [0.3, 0.4) is 0 Å². The number of anilines is 1. The Morgan fingerprint density at radius 1 is 1.44 bits per heavy atom. The first-order chi connectivity index (χ1) is 8.49. The number of hydrogen-bond donors (Lipinski definition) is 1. The highest BCUT2D eigenvalue weighted by atomic mass is 79.9. The van der Waals surface area contributed by atoms with Gasteiger partial charge in [-0.15, -0.1) is 0 Å². The van der Waals surface area contributed by atoms with Gasteiger partial charge in [0.25, 0.3) is 0 Å². The Morgan fingerprint density at radius 2 is 2.17 bits per heavy atom. The summed E-state index contributed by atoms with van der Waals surface area (Å²) in [5.74, 6) is 0.113. The topological polar surface area (TPSA) is 47.1 Å². The second-order valence-corrected chi connectivity index (χ2v) is 5.39. The van der Waals surface area contributed by atoms with Crippen LogP contribution in [0.15, 0.2) is 16.6 Å². The lowest BCUT2D eigenvalue weighted by Crippen LogP contribution is -2.15. The maximum Gasteiger partial charge on any atom is 0.201 e. The minimum absolute atomic E-state index is 0.319. The molecule has 0 saturated heterocycles. The number of hydrogen-bond acceptors (Lipinski definition) is 3. The maximum absolute atomic E-state index is 13.4. The van der Waals surface area contributed by atoms with Gasteiger partial charge in [0.05, 0.1) is 15.5 Å². The van der Waals surface area contributed by atoms with Crippen LogP contribution in [0.2, 0.25) is 0 Å². The summed E-state index contributed by atoms with van der Waals surface area (Å²) >= 11 is 3.19. The second kappa shape index (κ2) is 5.24. The van der Waals surface area contributed by atoms with Gasteiger partial charge in [-0.25, -0.2) is 9.37 Å². The quantitative estimate of drug-likeness (QED) is 0.943. The third-order valence-electron chi connectivity index (χ3n) is 2.81. The zero-order valence-electron chi connectivity index (χ0n) is 10.5. The first kappa shape index (κ1) is 13.3. The third kappa shape index (κ3) is 2.64. The minimum atomic E-state index is -0.319. The zero-order valence-corrected chi connectivity index (χ0v) is 12.0. The van der Waals surface area contributed by atoms with Crippen LogP contribution in [-0.4, -0.2) is 35.1 Å². The number of fused-ring (bicyclic) bond motifs is 1. The molecule has 0 radical (unpaired) electrons. The summed E-state index contributed by atoms with van der Waals surface area (Å²) in [4.78, 5) is 6.30. The fourth-order valence-corrected chi connectivity index (χ4v) is 2.25. The molecule has 0 atom stereocenters. The number of halogens is 2. The number of benzene rings is 1. The van der Waals surface area contributed by atoms with E-state index >= 15 is 0 Å². The highest BCUT2D eigenvalue weighted by Gasteiger charge is 2.11. The Kier molecular flexibility index (Phi) is 3.87. The molecule has 0 spiro atoms. The molecule has 0 amide bonds. The summed E-state index contributed by atoms with van der Waals surface area (Å²) in [6.07, 6.45) is 0.970. The molecule has 2 N–H and O–H groups in total. The fourth-order valence-electron chi connectivity index (χ4n) is 1.92. The molecule has 2 aromatic rings. The first-order valence-corrected chi connectivity index (χ1v) is 6.54. The molecule has 18 heavy (non-hydrogen) atoms. The van der Waals surface area contributed by atoms with Gasteiger partial charge < -0.3 is 15.2 Å². The van der Waals surface area contributed by atoms with Crippen LogP contribution in [0.25, 0.3) is 11.0 Å². The summed E-state index contributed by atoms with van der Waals surface area (Å²) < 4.78 is 15.8. The van der Waals surface area contributed by atoms with E-state index in [2.05, 4.69) is 25.8 Å². The van der Waals surface area contributed by atoms with E-state index in [9.17, 15) is 4.39 Å². The molecule has 0 aliphatic heterocycles. The van der Waals surface area contributed by atoms with E-state index in [0.717, 1.165) is 25.0 Å². The molecular weight excluding hydrogens is 299 g/mol. The van der Waals surface area contributed by atoms with Crippen molar-refractivity contribution in [3.63, 3.8) is 0 Å². The van der Waals surface area contributed by atoms with E-state index in [1.54, 1.807) is 6.07 Å². The van der Waals surface area contributed by atoms with Crippen molar-refractivity contribution in [1.82, 2.24) is 14.5 Å². The Bertz CT molecular complexity index is 565. The van der Waals surface area contributed by atoms with E-state index in [0.29, 0.717) is 15.9 Å². The summed E-state index contributed by atoms with van der Waals surface area (Å²) in [6, 6.07) is 3.13. The van der Waals surface area contributed by atoms with Crippen LogP contribution in [0.5, 0.6) is 0 Å². The molecule has 98 valence electrons. The van der Waals surface area contributed by atoms with Crippen molar-refractivity contribution < 1.29 is 4.39 Å². The van der Waals surface area contributed by atoms with Gasteiger partial charge in [0.15, 0.2) is 0 Å². The van der Waals surface area contributed by atoms with Crippen LogP contribution in [0, 0.1) is 5.82 Å². The van der Waals surface area contributed by atoms with Gasteiger partial charge in [-0.3, -0.25) is 0 Å². The van der Waals surface area contributed by atoms with Crippen molar-refractivity contribution in [1.29, 1.82) is 0 Å². The molecule has 0 fully saturated rings. The predicted molar refractivity (Wildman–Crippen MR) is 75.0 cm³/mol. The Morgan fingerprint density at radius 3 is 2.83 bits per heavy atom. The van der Waals surface area contributed by atoms with Crippen molar-refractivity contribution in [2.24, 2.45) is 0 Å². The van der Waals surface area contributed by atoms with Gasteiger partial charge in [0.2, 0.25) is 5.95 Å². The first-order valence-electron chi connectivity index (χ1n) is 5.74. The van der Waals surface area contributed by atoms with E-state index in [1.165, 1.54) is 6.07 Å². The largest absolute Gasteiger partial charge is 0.369 e. The maximum atomic E-state index is 13.4. The molecule has 0 aliphatic rings. The Balaban J connectivity index is 2.31. The van der Waals surface area contributed by atoms with Gasteiger partial charge in [-0.2, -0.15) is 0 Å². The lowest BCUT2D eigenvalue weighted by atomic mass is 10.3. The normalized spacial score (nSPS) is 11.6. The van der Waals surface area contributed by atoms with Crippen LogP contribution >= 0.6 is 15.9 Å². The van der Waals surface area contributed by atoms with Crippen molar-refractivity contribution in [3.8, 4) is 0 Å². The summed E-state index contributed by atoms with van der Waals surface area (Å²) in [7, 11) is 4.06. The van der Waals surface area contributed by atoms with Crippen LogP contribution in [0.1, 0.15) is 6.42 Å². The van der Waals surface area contributed by atoms with Crippen LogP contribution < -0.4 is 5.73 Å². The lowest BCUT2D eigenvalue weighted by Gasteiger charge is -2.11. The lowest BCUT2D eigenvalue weighted by molar-refractivity contribution is 0.388. The SMILES string of the molecule is CN(C)CCCn1c(N)nc2cc(F)c(Br)cc21. The number of rotatable bonds is 4.